The van der Waals surface area contributed by atoms with Gasteiger partial charge in [0.2, 0.25) is 15.9 Å². The number of nitrogens with one attached hydrogen (secondary N) is 1. The number of halogens is 1. The molecule has 0 aliphatic carbocycles. The number of primary sulfonamides is 1. The van der Waals surface area contributed by atoms with Crippen LogP contribution in [0.15, 0.2) is 41.3 Å². The Morgan fingerprint density at radius 1 is 1.29 bits per heavy atom. The number of anilines is 1. The molecule has 1 unspecified atom stereocenters. The highest BCUT2D eigenvalue weighted by Gasteiger charge is 2.36. The fourth-order valence-electron chi connectivity index (χ4n) is 3.14. The van der Waals surface area contributed by atoms with Crippen molar-refractivity contribution in [3.8, 4) is 5.75 Å². The predicted octanol–water partition coefficient (Wildman–Crippen LogP) is 3.52. The zero-order valence-electron chi connectivity index (χ0n) is 16.0. The number of amides is 1. The molecule has 8 heteroatoms. The van der Waals surface area contributed by atoms with Gasteiger partial charge in [0.15, 0.2) is 0 Å². The van der Waals surface area contributed by atoms with Crippen molar-refractivity contribution >= 4 is 33.2 Å². The minimum atomic E-state index is -3.97. The summed E-state index contributed by atoms with van der Waals surface area (Å²) >= 11 is 6.10. The van der Waals surface area contributed by atoms with Gasteiger partial charge in [-0.05, 0) is 23.1 Å². The van der Waals surface area contributed by atoms with Crippen LogP contribution in [0.2, 0.25) is 5.02 Å². The third-order valence-corrected chi connectivity index (χ3v) is 6.04. The SMILES string of the molecule is CC(C)(C)C1Cc2c(cc(NC(=O)Cc3ccccc3Cl)cc2S(N)(=O)=O)O1. The zero-order valence-corrected chi connectivity index (χ0v) is 17.5. The number of fused-ring (bicyclic) bond motifs is 1. The average molecular weight is 423 g/mol. The highest BCUT2D eigenvalue weighted by atomic mass is 35.5. The van der Waals surface area contributed by atoms with Gasteiger partial charge in [0.1, 0.15) is 11.9 Å². The topological polar surface area (TPSA) is 98.5 Å². The van der Waals surface area contributed by atoms with Crippen LogP contribution in [0.3, 0.4) is 0 Å². The maximum atomic E-state index is 12.4. The van der Waals surface area contributed by atoms with Gasteiger partial charge in [-0.2, -0.15) is 0 Å². The molecule has 150 valence electrons. The van der Waals surface area contributed by atoms with Crippen molar-refractivity contribution in [3.63, 3.8) is 0 Å². The van der Waals surface area contributed by atoms with E-state index < -0.39 is 10.0 Å². The van der Waals surface area contributed by atoms with Crippen LogP contribution < -0.4 is 15.2 Å². The van der Waals surface area contributed by atoms with Gasteiger partial charge in [-0.15, -0.1) is 0 Å². The first-order valence-electron chi connectivity index (χ1n) is 8.85. The molecule has 1 atom stereocenters. The Balaban J connectivity index is 1.89. The van der Waals surface area contributed by atoms with Crippen LogP contribution in [0.5, 0.6) is 5.75 Å². The molecule has 2 aromatic rings. The lowest BCUT2D eigenvalue weighted by Gasteiger charge is -2.25. The summed E-state index contributed by atoms with van der Waals surface area (Å²) in [7, 11) is -3.97. The van der Waals surface area contributed by atoms with Crippen LogP contribution in [0.25, 0.3) is 0 Å². The van der Waals surface area contributed by atoms with E-state index in [2.05, 4.69) is 5.32 Å². The van der Waals surface area contributed by atoms with E-state index in [0.717, 1.165) is 0 Å². The molecule has 0 saturated carbocycles. The number of rotatable bonds is 4. The molecule has 1 aliphatic rings. The number of sulfonamides is 1. The van der Waals surface area contributed by atoms with Crippen LogP contribution in [-0.2, 0) is 27.7 Å². The number of nitrogens with two attached hydrogens (primary N) is 1. The Morgan fingerprint density at radius 3 is 2.57 bits per heavy atom. The smallest absolute Gasteiger partial charge is 0.238 e. The van der Waals surface area contributed by atoms with Crippen LogP contribution in [0.4, 0.5) is 5.69 Å². The fraction of sp³-hybridized carbons (Fsp3) is 0.350. The number of ether oxygens (including phenoxy) is 1. The summed E-state index contributed by atoms with van der Waals surface area (Å²) in [5, 5.41) is 8.62. The van der Waals surface area contributed by atoms with Crippen molar-refractivity contribution in [2.75, 3.05) is 5.32 Å². The Bertz CT molecular complexity index is 1030. The van der Waals surface area contributed by atoms with Gasteiger partial charge in [-0.3, -0.25) is 4.79 Å². The second kappa shape index (κ2) is 7.39. The number of carbonyl (C=O) groups is 1. The molecule has 0 spiro atoms. The first-order valence-corrected chi connectivity index (χ1v) is 10.8. The van der Waals surface area contributed by atoms with Gasteiger partial charge in [-0.1, -0.05) is 50.6 Å². The number of hydrogen-bond acceptors (Lipinski definition) is 4. The molecule has 1 amide bonds. The van der Waals surface area contributed by atoms with E-state index in [4.69, 9.17) is 21.5 Å². The van der Waals surface area contributed by atoms with Gasteiger partial charge >= 0.3 is 0 Å². The summed E-state index contributed by atoms with van der Waals surface area (Å²) in [5.74, 6) is 0.110. The minimum Gasteiger partial charge on any atom is -0.489 e. The van der Waals surface area contributed by atoms with E-state index in [1.54, 1.807) is 30.3 Å². The first kappa shape index (κ1) is 20.6. The van der Waals surface area contributed by atoms with Crippen molar-refractivity contribution in [2.45, 2.75) is 44.6 Å². The molecular weight excluding hydrogens is 400 g/mol. The van der Waals surface area contributed by atoms with Gasteiger partial charge in [-0.25, -0.2) is 13.6 Å². The van der Waals surface area contributed by atoms with E-state index in [9.17, 15) is 13.2 Å². The fourth-order valence-corrected chi connectivity index (χ4v) is 4.16. The molecule has 0 bridgehead atoms. The van der Waals surface area contributed by atoms with E-state index in [0.29, 0.717) is 34.0 Å². The summed E-state index contributed by atoms with van der Waals surface area (Å²) < 4.78 is 30.2. The molecule has 28 heavy (non-hydrogen) atoms. The number of carbonyl (C=O) groups excluding carboxylic acids is 1. The third-order valence-electron chi connectivity index (χ3n) is 4.69. The van der Waals surface area contributed by atoms with Crippen molar-refractivity contribution in [1.82, 2.24) is 0 Å². The molecule has 0 aromatic heterocycles. The second-order valence-electron chi connectivity index (χ2n) is 7.99. The van der Waals surface area contributed by atoms with Crippen LogP contribution in [0, 0.1) is 5.41 Å². The normalized spacial score (nSPS) is 16.4. The Kier molecular flexibility index (Phi) is 5.44. The minimum absolute atomic E-state index is 0.0233. The van der Waals surface area contributed by atoms with E-state index in [-0.39, 0.29) is 28.7 Å². The summed E-state index contributed by atoms with van der Waals surface area (Å²) in [6.07, 6.45) is 0.322. The van der Waals surface area contributed by atoms with Crippen molar-refractivity contribution in [2.24, 2.45) is 10.6 Å². The quantitative estimate of drug-likeness (QED) is 0.787. The Hall–Kier alpha value is -2.09. The maximum absolute atomic E-state index is 12.4. The molecular formula is C20H23ClN2O4S. The first-order chi connectivity index (χ1) is 12.9. The Morgan fingerprint density at radius 2 is 1.96 bits per heavy atom. The molecule has 3 rings (SSSR count). The lowest BCUT2D eigenvalue weighted by molar-refractivity contribution is -0.115. The molecule has 2 aromatic carbocycles. The number of benzene rings is 2. The predicted molar refractivity (Wildman–Crippen MR) is 109 cm³/mol. The van der Waals surface area contributed by atoms with Gasteiger partial charge in [0.25, 0.3) is 0 Å². The molecule has 1 heterocycles. The van der Waals surface area contributed by atoms with Gasteiger partial charge in [0, 0.05) is 28.8 Å². The second-order valence-corrected chi connectivity index (χ2v) is 9.93. The summed E-state index contributed by atoms with van der Waals surface area (Å²) in [4.78, 5) is 12.4. The van der Waals surface area contributed by atoms with E-state index in [1.165, 1.54) is 6.07 Å². The average Bonchev–Trinajstić information content (AvgIpc) is 2.99. The van der Waals surface area contributed by atoms with Crippen LogP contribution in [-0.4, -0.2) is 20.4 Å². The zero-order chi connectivity index (χ0) is 20.7. The monoisotopic (exact) mass is 422 g/mol. The summed E-state index contributed by atoms with van der Waals surface area (Å²) in [6.45, 7) is 6.06. The molecule has 0 radical (unpaired) electrons. The maximum Gasteiger partial charge on any atom is 0.238 e. The standard InChI is InChI=1S/C20H23ClN2O4S/c1-20(2,3)18-11-14-16(27-18)9-13(10-17(14)28(22,25)26)23-19(24)8-12-6-4-5-7-15(12)21/h4-7,9-10,18H,8,11H2,1-3H3,(H,23,24)(H2,22,25,26). The summed E-state index contributed by atoms with van der Waals surface area (Å²) in [5.41, 5.74) is 1.36. The highest BCUT2D eigenvalue weighted by Crippen LogP contribution is 2.41. The third kappa shape index (κ3) is 4.48. The van der Waals surface area contributed by atoms with E-state index in [1.807, 2.05) is 20.8 Å². The molecule has 0 saturated heterocycles. The molecule has 3 N–H and O–H groups in total. The van der Waals surface area contributed by atoms with Gasteiger partial charge < -0.3 is 10.1 Å². The van der Waals surface area contributed by atoms with Crippen molar-refractivity contribution in [1.29, 1.82) is 0 Å². The molecule has 0 fully saturated rings. The largest absolute Gasteiger partial charge is 0.489 e. The van der Waals surface area contributed by atoms with Crippen LogP contribution >= 0.6 is 11.6 Å². The lowest BCUT2D eigenvalue weighted by atomic mass is 9.86. The Labute approximate surface area is 170 Å². The van der Waals surface area contributed by atoms with Crippen molar-refractivity contribution < 1.29 is 17.9 Å². The van der Waals surface area contributed by atoms with Crippen LogP contribution in [0.1, 0.15) is 31.9 Å². The lowest BCUT2D eigenvalue weighted by Crippen LogP contribution is -2.30. The van der Waals surface area contributed by atoms with E-state index >= 15 is 0 Å². The molecule has 1 aliphatic heterocycles. The highest BCUT2D eigenvalue weighted by molar-refractivity contribution is 7.89. The van der Waals surface area contributed by atoms with Crippen molar-refractivity contribution in [3.05, 3.63) is 52.5 Å². The molecule has 6 nitrogen and oxygen atoms in total. The van der Waals surface area contributed by atoms with Gasteiger partial charge in [0.05, 0.1) is 11.3 Å². The number of hydrogen-bond donors (Lipinski definition) is 2. The summed E-state index contributed by atoms with van der Waals surface area (Å²) in [6, 6.07) is 10.1.